The van der Waals surface area contributed by atoms with Crippen molar-refractivity contribution >= 4 is 15.7 Å². The van der Waals surface area contributed by atoms with E-state index in [2.05, 4.69) is 4.98 Å². The predicted molar refractivity (Wildman–Crippen MR) is 83.6 cm³/mol. The fourth-order valence-corrected chi connectivity index (χ4v) is 3.59. The van der Waals surface area contributed by atoms with Crippen molar-refractivity contribution in [1.82, 2.24) is 4.98 Å². The lowest BCUT2D eigenvalue weighted by Gasteiger charge is -2.21. The quantitative estimate of drug-likeness (QED) is 0.937. The van der Waals surface area contributed by atoms with E-state index < -0.39 is 10.0 Å². The van der Waals surface area contributed by atoms with E-state index in [9.17, 15) is 8.42 Å². The Balaban J connectivity index is 2.52. The molecule has 0 fully saturated rings. The Hall–Kier alpha value is -1.92. The van der Waals surface area contributed by atoms with Crippen LogP contribution in [0.5, 0.6) is 0 Å². The number of aryl methyl sites for hydroxylation is 2. The highest BCUT2D eigenvalue weighted by Gasteiger charge is 2.24. The molecule has 21 heavy (non-hydrogen) atoms. The molecule has 2 rings (SSSR count). The lowest BCUT2D eigenvalue weighted by atomic mass is 10.1. The molecule has 1 aromatic carbocycles. The number of nitrogens with zero attached hydrogens (tertiary/aromatic N) is 2. The van der Waals surface area contributed by atoms with Crippen LogP contribution in [-0.4, -0.2) is 20.4 Å². The topological polar surface area (TPSA) is 76.3 Å². The van der Waals surface area contributed by atoms with Gasteiger partial charge in [0.05, 0.1) is 11.4 Å². The number of rotatable bonds is 4. The van der Waals surface area contributed by atoms with Gasteiger partial charge in [-0.3, -0.25) is 9.29 Å². The van der Waals surface area contributed by atoms with Gasteiger partial charge in [0, 0.05) is 19.8 Å². The zero-order chi connectivity index (χ0) is 15.6. The molecule has 0 atom stereocenters. The second-order valence-electron chi connectivity index (χ2n) is 4.97. The first-order valence-electron chi connectivity index (χ1n) is 6.57. The summed E-state index contributed by atoms with van der Waals surface area (Å²) in [5.74, 6) is 0. The first-order chi connectivity index (χ1) is 9.86. The third-order valence-electron chi connectivity index (χ3n) is 3.25. The minimum atomic E-state index is -3.68. The van der Waals surface area contributed by atoms with Gasteiger partial charge in [0.1, 0.15) is 4.90 Å². The van der Waals surface area contributed by atoms with Gasteiger partial charge in [-0.05, 0) is 49.2 Å². The van der Waals surface area contributed by atoms with Gasteiger partial charge < -0.3 is 5.73 Å². The van der Waals surface area contributed by atoms with Gasteiger partial charge in [0.15, 0.2) is 0 Å². The molecule has 0 amide bonds. The smallest absolute Gasteiger partial charge is 0.265 e. The van der Waals surface area contributed by atoms with Gasteiger partial charge in [0.2, 0.25) is 0 Å². The molecule has 0 radical (unpaired) electrons. The minimum Gasteiger partial charge on any atom is -0.325 e. The molecule has 0 spiro atoms. The molecule has 0 aliphatic rings. The van der Waals surface area contributed by atoms with E-state index >= 15 is 0 Å². The average molecular weight is 305 g/mol. The molecule has 0 aliphatic carbocycles. The maximum atomic E-state index is 12.8. The van der Waals surface area contributed by atoms with Crippen LogP contribution in [0.4, 0.5) is 5.69 Å². The molecule has 2 aromatic rings. The van der Waals surface area contributed by atoms with Crippen LogP contribution in [-0.2, 0) is 16.6 Å². The molecule has 112 valence electrons. The molecule has 0 aliphatic heterocycles. The van der Waals surface area contributed by atoms with Crippen LogP contribution >= 0.6 is 0 Å². The summed E-state index contributed by atoms with van der Waals surface area (Å²) in [5.41, 5.74) is 8.61. The third-order valence-corrected chi connectivity index (χ3v) is 5.11. The summed E-state index contributed by atoms with van der Waals surface area (Å²) in [6.07, 6.45) is 1.54. The molecule has 5 nitrogen and oxygen atoms in total. The second kappa shape index (κ2) is 5.83. The summed E-state index contributed by atoms with van der Waals surface area (Å²) in [6, 6.07) is 8.80. The zero-order valence-corrected chi connectivity index (χ0v) is 13.2. The Morgan fingerprint density at radius 2 is 1.81 bits per heavy atom. The second-order valence-corrected chi connectivity index (χ2v) is 6.91. The van der Waals surface area contributed by atoms with Crippen LogP contribution in [0.3, 0.4) is 0 Å². The van der Waals surface area contributed by atoms with E-state index in [0.29, 0.717) is 11.4 Å². The molecule has 0 unspecified atom stereocenters. The average Bonchev–Trinajstić information content (AvgIpc) is 2.45. The normalized spacial score (nSPS) is 11.4. The van der Waals surface area contributed by atoms with Crippen molar-refractivity contribution in [2.45, 2.75) is 25.3 Å². The molecule has 1 aromatic heterocycles. The van der Waals surface area contributed by atoms with E-state index in [4.69, 9.17) is 5.73 Å². The number of nitrogens with two attached hydrogens (primary N) is 1. The van der Waals surface area contributed by atoms with E-state index in [1.807, 2.05) is 32.0 Å². The molecule has 0 saturated heterocycles. The highest BCUT2D eigenvalue weighted by Crippen LogP contribution is 2.25. The maximum absolute atomic E-state index is 12.8. The summed E-state index contributed by atoms with van der Waals surface area (Å²) in [7, 11) is -2.14. The number of aromatic nitrogens is 1. The van der Waals surface area contributed by atoms with Gasteiger partial charge >= 0.3 is 0 Å². The largest absolute Gasteiger partial charge is 0.325 e. The number of hydrogen-bond donors (Lipinski definition) is 1. The molecule has 1 heterocycles. The van der Waals surface area contributed by atoms with E-state index in [-0.39, 0.29) is 11.4 Å². The minimum absolute atomic E-state index is 0.0795. The van der Waals surface area contributed by atoms with Crippen molar-refractivity contribution in [2.75, 3.05) is 11.4 Å². The summed E-state index contributed by atoms with van der Waals surface area (Å²) in [4.78, 5) is 4.19. The van der Waals surface area contributed by atoms with Gasteiger partial charge in [0.25, 0.3) is 10.0 Å². The van der Waals surface area contributed by atoms with Crippen LogP contribution in [0, 0.1) is 13.8 Å². The fraction of sp³-hybridized carbons (Fsp3) is 0.267. The third kappa shape index (κ3) is 3.06. The number of anilines is 1. The molecule has 0 saturated carbocycles. The van der Waals surface area contributed by atoms with Crippen molar-refractivity contribution < 1.29 is 8.42 Å². The monoisotopic (exact) mass is 305 g/mol. The van der Waals surface area contributed by atoms with Gasteiger partial charge in [-0.25, -0.2) is 8.42 Å². The highest BCUT2D eigenvalue weighted by molar-refractivity contribution is 7.92. The standard InChI is InChI=1S/C15H19N3O2S/c1-11-7-12(2)9-13(8-11)18(3)21(19,20)15-5-4-6-17-14(15)10-16/h4-9H,10,16H2,1-3H3. The van der Waals surface area contributed by atoms with Gasteiger partial charge in [-0.1, -0.05) is 6.07 Å². The number of pyridine rings is 1. The summed E-state index contributed by atoms with van der Waals surface area (Å²) in [5, 5.41) is 0. The highest BCUT2D eigenvalue weighted by atomic mass is 32.2. The summed E-state index contributed by atoms with van der Waals surface area (Å²) >= 11 is 0. The molecule has 0 bridgehead atoms. The number of benzene rings is 1. The molecular formula is C15H19N3O2S. The Kier molecular flexibility index (Phi) is 4.29. The lowest BCUT2D eigenvalue weighted by Crippen LogP contribution is -2.28. The van der Waals surface area contributed by atoms with E-state index in [1.54, 1.807) is 6.07 Å². The fourth-order valence-electron chi connectivity index (χ4n) is 2.23. The zero-order valence-electron chi connectivity index (χ0n) is 12.4. The predicted octanol–water partition coefficient (Wildman–Crippen LogP) is 1.98. The van der Waals surface area contributed by atoms with E-state index in [0.717, 1.165) is 11.1 Å². The molecule has 2 N–H and O–H groups in total. The van der Waals surface area contributed by atoms with Gasteiger partial charge in [-0.15, -0.1) is 0 Å². The number of sulfonamides is 1. The van der Waals surface area contributed by atoms with Crippen molar-refractivity contribution in [3.05, 3.63) is 53.3 Å². The van der Waals surface area contributed by atoms with Crippen LogP contribution in [0.15, 0.2) is 41.4 Å². The van der Waals surface area contributed by atoms with E-state index in [1.165, 1.54) is 23.6 Å². The van der Waals surface area contributed by atoms with Crippen molar-refractivity contribution in [2.24, 2.45) is 5.73 Å². The molecule has 6 heteroatoms. The van der Waals surface area contributed by atoms with Crippen LogP contribution in [0.25, 0.3) is 0 Å². The Morgan fingerprint density at radius 3 is 2.38 bits per heavy atom. The SMILES string of the molecule is Cc1cc(C)cc(N(C)S(=O)(=O)c2cccnc2CN)c1. The van der Waals surface area contributed by atoms with Crippen molar-refractivity contribution in [3.63, 3.8) is 0 Å². The maximum Gasteiger partial charge on any atom is 0.265 e. The number of hydrogen-bond acceptors (Lipinski definition) is 4. The lowest BCUT2D eigenvalue weighted by molar-refractivity contribution is 0.592. The first kappa shape index (κ1) is 15.5. The Bertz CT molecular complexity index is 737. The summed E-state index contributed by atoms with van der Waals surface area (Å²) < 4.78 is 26.8. The van der Waals surface area contributed by atoms with Gasteiger partial charge in [-0.2, -0.15) is 0 Å². The van der Waals surface area contributed by atoms with Crippen molar-refractivity contribution in [3.8, 4) is 0 Å². The van der Waals surface area contributed by atoms with Crippen LogP contribution in [0.1, 0.15) is 16.8 Å². The Morgan fingerprint density at radius 1 is 1.19 bits per heavy atom. The summed E-state index contributed by atoms with van der Waals surface area (Å²) in [6.45, 7) is 3.95. The first-order valence-corrected chi connectivity index (χ1v) is 8.01. The van der Waals surface area contributed by atoms with Crippen LogP contribution < -0.4 is 10.0 Å². The van der Waals surface area contributed by atoms with Crippen LogP contribution in [0.2, 0.25) is 0 Å². The Labute approximate surface area is 125 Å². The van der Waals surface area contributed by atoms with Crippen molar-refractivity contribution in [1.29, 1.82) is 0 Å². The molecular weight excluding hydrogens is 286 g/mol.